The van der Waals surface area contributed by atoms with Crippen LogP contribution in [0, 0.1) is 0 Å². The summed E-state index contributed by atoms with van der Waals surface area (Å²) < 4.78 is 0. The van der Waals surface area contributed by atoms with Crippen molar-refractivity contribution in [3.05, 3.63) is 96.1 Å². The molecule has 3 aromatic rings. The third-order valence-corrected chi connectivity index (χ3v) is 10.3. The monoisotopic (exact) mass is 317 g/mol. The summed E-state index contributed by atoms with van der Waals surface area (Å²) in [5, 5.41) is 3.10. The SMILES string of the molecule is CC1c2ccccc2CC[P+]1(c1ccccc1)c1ccccc1. The fourth-order valence-electron chi connectivity index (χ4n) is 4.14. The summed E-state index contributed by atoms with van der Waals surface area (Å²) in [4.78, 5) is 0. The number of hydrogen-bond acceptors (Lipinski definition) is 0. The highest BCUT2D eigenvalue weighted by Crippen LogP contribution is 2.69. The quantitative estimate of drug-likeness (QED) is 0.585. The minimum absolute atomic E-state index is 0.581. The lowest BCUT2D eigenvalue weighted by Gasteiger charge is -2.37. The second-order valence-corrected chi connectivity index (χ2v) is 10.4. The zero-order chi connectivity index (χ0) is 15.7. The van der Waals surface area contributed by atoms with E-state index >= 15 is 0 Å². The van der Waals surface area contributed by atoms with Crippen LogP contribution in [0.25, 0.3) is 0 Å². The Kier molecular flexibility index (Phi) is 3.79. The van der Waals surface area contributed by atoms with Gasteiger partial charge in [0, 0.05) is 6.42 Å². The predicted octanol–water partition coefficient (Wildman–Crippen LogP) is 4.97. The lowest BCUT2D eigenvalue weighted by atomic mass is 10.0. The van der Waals surface area contributed by atoms with Crippen molar-refractivity contribution in [1.29, 1.82) is 0 Å². The largest absolute Gasteiger partial charge is 0.101 e. The molecule has 1 atom stereocenters. The first-order chi connectivity index (χ1) is 11.3. The molecule has 0 saturated heterocycles. The Morgan fingerprint density at radius 1 is 0.696 bits per heavy atom. The summed E-state index contributed by atoms with van der Waals surface area (Å²) in [5.41, 5.74) is 3.68. The number of rotatable bonds is 2. The molecule has 1 heterocycles. The van der Waals surface area contributed by atoms with Crippen molar-refractivity contribution in [2.75, 3.05) is 6.16 Å². The lowest BCUT2D eigenvalue weighted by molar-refractivity contribution is 0.952. The zero-order valence-electron chi connectivity index (χ0n) is 13.5. The Balaban J connectivity index is 1.95. The van der Waals surface area contributed by atoms with Crippen LogP contribution in [-0.2, 0) is 6.42 Å². The minimum atomic E-state index is -1.42. The summed E-state index contributed by atoms with van der Waals surface area (Å²) in [6, 6.07) is 31.5. The Morgan fingerprint density at radius 3 is 1.83 bits per heavy atom. The van der Waals surface area contributed by atoms with Gasteiger partial charge in [-0.1, -0.05) is 60.7 Å². The Hall–Kier alpha value is -1.91. The van der Waals surface area contributed by atoms with Gasteiger partial charge in [-0.05, 0) is 42.3 Å². The molecule has 0 nitrogen and oxygen atoms in total. The van der Waals surface area contributed by atoms with Gasteiger partial charge in [-0.25, -0.2) is 0 Å². The zero-order valence-corrected chi connectivity index (χ0v) is 14.4. The lowest BCUT2D eigenvalue weighted by Crippen LogP contribution is -2.32. The molecule has 23 heavy (non-hydrogen) atoms. The first-order valence-electron chi connectivity index (χ1n) is 8.39. The van der Waals surface area contributed by atoms with Crippen molar-refractivity contribution in [3.63, 3.8) is 0 Å². The number of aryl methyl sites for hydroxylation is 1. The van der Waals surface area contributed by atoms with E-state index in [-0.39, 0.29) is 0 Å². The van der Waals surface area contributed by atoms with E-state index in [1.807, 2.05) is 0 Å². The van der Waals surface area contributed by atoms with Gasteiger partial charge in [-0.2, -0.15) is 0 Å². The van der Waals surface area contributed by atoms with E-state index in [9.17, 15) is 0 Å². The molecule has 0 fully saturated rings. The second kappa shape index (κ2) is 5.95. The van der Waals surface area contributed by atoms with E-state index in [2.05, 4.69) is 91.9 Å². The van der Waals surface area contributed by atoms with E-state index in [0.717, 1.165) is 0 Å². The van der Waals surface area contributed by atoms with Crippen LogP contribution in [0.4, 0.5) is 0 Å². The van der Waals surface area contributed by atoms with E-state index < -0.39 is 7.26 Å². The van der Waals surface area contributed by atoms with Crippen LogP contribution in [0.5, 0.6) is 0 Å². The van der Waals surface area contributed by atoms with E-state index in [1.54, 1.807) is 21.7 Å². The maximum absolute atomic E-state index is 2.45. The molecule has 0 aromatic heterocycles. The molecule has 3 aromatic carbocycles. The summed E-state index contributed by atoms with van der Waals surface area (Å²) >= 11 is 0. The van der Waals surface area contributed by atoms with Crippen molar-refractivity contribution in [3.8, 4) is 0 Å². The minimum Gasteiger partial charge on any atom is -0.0620 e. The van der Waals surface area contributed by atoms with Crippen LogP contribution >= 0.6 is 7.26 Å². The van der Waals surface area contributed by atoms with E-state index in [0.29, 0.717) is 5.66 Å². The van der Waals surface area contributed by atoms with Gasteiger partial charge in [0.05, 0.1) is 24.0 Å². The molecule has 1 heteroatoms. The highest BCUT2D eigenvalue weighted by molar-refractivity contribution is 7.89. The van der Waals surface area contributed by atoms with Crippen LogP contribution in [0.1, 0.15) is 23.7 Å². The van der Waals surface area contributed by atoms with Crippen molar-refractivity contribution in [1.82, 2.24) is 0 Å². The number of fused-ring (bicyclic) bond motifs is 1. The second-order valence-electron chi connectivity index (χ2n) is 6.39. The molecule has 1 aliphatic heterocycles. The molecule has 114 valence electrons. The van der Waals surface area contributed by atoms with Crippen LogP contribution in [-0.4, -0.2) is 6.16 Å². The molecule has 0 radical (unpaired) electrons. The molecular weight excluding hydrogens is 295 g/mol. The average molecular weight is 317 g/mol. The molecule has 4 rings (SSSR count). The summed E-state index contributed by atoms with van der Waals surface area (Å²) in [6.45, 7) is 2.45. The Bertz CT molecular complexity index is 753. The molecular formula is C22H22P+. The van der Waals surface area contributed by atoms with Gasteiger partial charge in [0.1, 0.15) is 5.66 Å². The van der Waals surface area contributed by atoms with Crippen molar-refractivity contribution < 1.29 is 0 Å². The van der Waals surface area contributed by atoms with E-state index in [1.165, 1.54) is 12.6 Å². The average Bonchev–Trinajstić information content (AvgIpc) is 2.64. The van der Waals surface area contributed by atoms with Gasteiger partial charge in [-0.15, -0.1) is 0 Å². The third-order valence-electron chi connectivity index (χ3n) is 5.33. The van der Waals surface area contributed by atoms with Gasteiger partial charge in [-0.3, -0.25) is 0 Å². The molecule has 0 aliphatic carbocycles. The first kappa shape index (κ1) is 14.7. The summed E-state index contributed by atoms with van der Waals surface area (Å²) in [6.07, 6.45) is 2.47. The fourth-order valence-corrected chi connectivity index (χ4v) is 8.96. The third kappa shape index (κ3) is 2.33. The Morgan fingerprint density at radius 2 is 1.22 bits per heavy atom. The molecule has 0 saturated carbocycles. The summed E-state index contributed by atoms with van der Waals surface area (Å²) in [5.74, 6) is 0. The molecule has 1 aliphatic rings. The predicted molar refractivity (Wildman–Crippen MR) is 103 cm³/mol. The normalized spacial score (nSPS) is 19.1. The number of benzene rings is 3. The van der Waals surface area contributed by atoms with Crippen molar-refractivity contribution >= 4 is 17.9 Å². The highest BCUT2D eigenvalue weighted by Gasteiger charge is 2.50. The van der Waals surface area contributed by atoms with Gasteiger partial charge >= 0.3 is 0 Å². The smallest absolute Gasteiger partial charge is 0.0620 e. The molecule has 0 bridgehead atoms. The molecule has 0 spiro atoms. The molecule has 1 unspecified atom stereocenters. The maximum Gasteiger partial charge on any atom is 0.101 e. The van der Waals surface area contributed by atoms with Gasteiger partial charge in [0.25, 0.3) is 0 Å². The Labute approximate surface area is 139 Å². The maximum atomic E-state index is 2.45. The molecule has 0 amide bonds. The number of hydrogen-bond donors (Lipinski definition) is 0. The van der Waals surface area contributed by atoms with Gasteiger partial charge in [0.2, 0.25) is 0 Å². The summed E-state index contributed by atoms with van der Waals surface area (Å²) in [7, 11) is -1.42. The fraction of sp³-hybridized carbons (Fsp3) is 0.182. The van der Waals surface area contributed by atoms with Crippen LogP contribution in [0.15, 0.2) is 84.9 Å². The topological polar surface area (TPSA) is 0 Å². The van der Waals surface area contributed by atoms with Crippen LogP contribution in [0.3, 0.4) is 0 Å². The van der Waals surface area contributed by atoms with Gasteiger partial charge in [0.15, 0.2) is 0 Å². The van der Waals surface area contributed by atoms with Gasteiger partial charge < -0.3 is 0 Å². The van der Waals surface area contributed by atoms with Crippen LogP contribution in [0.2, 0.25) is 0 Å². The first-order valence-corrected chi connectivity index (χ1v) is 10.4. The van der Waals surface area contributed by atoms with Crippen molar-refractivity contribution in [2.24, 2.45) is 0 Å². The standard InChI is InChI=1S/C22H22P/c1-18-22-15-9-8-10-19(22)16-17-23(18,20-11-4-2-5-12-20)21-13-6-3-7-14-21/h2-15,18H,16-17H2,1H3/q+1. The van der Waals surface area contributed by atoms with Crippen molar-refractivity contribution in [2.45, 2.75) is 19.0 Å². The highest BCUT2D eigenvalue weighted by atomic mass is 31.2. The molecule has 0 N–H and O–H groups in total. The van der Waals surface area contributed by atoms with Crippen LogP contribution < -0.4 is 10.6 Å². The van der Waals surface area contributed by atoms with E-state index in [4.69, 9.17) is 0 Å².